The van der Waals surface area contributed by atoms with Crippen LogP contribution in [0.25, 0.3) is 0 Å². The van der Waals surface area contributed by atoms with Gasteiger partial charge in [0.1, 0.15) is 11.2 Å². The number of aromatic nitrogens is 1. The maximum atomic E-state index is 14.2. The van der Waals surface area contributed by atoms with Gasteiger partial charge in [0.05, 0.1) is 0 Å². The highest BCUT2D eigenvalue weighted by molar-refractivity contribution is 5.83. The lowest BCUT2D eigenvalue weighted by atomic mass is 9.98. The van der Waals surface area contributed by atoms with Gasteiger partial charge in [0.15, 0.2) is 6.61 Å². The molecule has 0 aliphatic carbocycles. The fourth-order valence-corrected chi connectivity index (χ4v) is 3.13. The van der Waals surface area contributed by atoms with E-state index in [0.29, 0.717) is 6.07 Å². The van der Waals surface area contributed by atoms with Crippen molar-refractivity contribution in [3.63, 3.8) is 0 Å². The molecule has 7 nitrogen and oxygen atoms in total. The second kappa shape index (κ2) is 9.45. The van der Waals surface area contributed by atoms with Crippen molar-refractivity contribution in [2.24, 2.45) is 0 Å². The number of ether oxygens (including phenoxy) is 2. The molecule has 1 saturated heterocycles. The molecule has 180 valence electrons. The molecule has 0 radical (unpaired) electrons. The van der Waals surface area contributed by atoms with Crippen LogP contribution in [0.3, 0.4) is 0 Å². The van der Waals surface area contributed by atoms with Crippen molar-refractivity contribution in [2.45, 2.75) is 70.3 Å². The summed E-state index contributed by atoms with van der Waals surface area (Å²) < 4.78 is 77.1. The molecule has 2 rings (SSSR count). The average molecular weight is 467 g/mol. The van der Waals surface area contributed by atoms with Crippen LogP contribution in [0.5, 0.6) is 5.88 Å². The van der Waals surface area contributed by atoms with Crippen LogP contribution in [0.15, 0.2) is 18.3 Å². The molecule has 1 aliphatic heterocycles. The Bertz CT molecular complexity index is 826. The standard InChI is InChI=1S/C20H26F5N3O4/c1-12-10-13(7-9-28(12)17(30)32-18(2,3)4)27-16(29)19(21,22)11-31-15-14(20(23,24)25)6-5-8-26-15/h5-6,8,12-13H,7,9-11H2,1-4H3,(H,27,29)/t12-,13-/m1/s1. The lowest BCUT2D eigenvalue weighted by molar-refractivity contribution is -0.152. The molecule has 2 atom stereocenters. The third kappa shape index (κ3) is 6.92. The summed E-state index contributed by atoms with van der Waals surface area (Å²) in [6.45, 7) is 5.43. The number of carbonyl (C=O) groups is 2. The highest BCUT2D eigenvalue weighted by Gasteiger charge is 2.43. The fourth-order valence-electron chi connectivity index (χ4n) is 3.13. The lowest BCUT2D eigenvalue weighted by Crippen LogP contribution is -2.55. The van der Waals surface area contributed by atoms with Gasteiger partial charge >= 0.3 is 18.2 Å². The van der Waals surface area contributed by atoms with Crippen LogP contribution in [-0.4, -0.2) is 58.6 Å². The third-order valence-corrected chi connectivity index (χ3v) is 4.64. The predicted octanol–water partition coefficient (Wildman–Crippen LogP) is 4.02. The molecule has 1 aromatic heterocycles. The van der Waals surface area contributed by atoms with E-state index in [4.69, 9.17) is 4.74 Å². The zero-order valence-electron chi connectivity index (χ0n) is 18.1. The Morgan fingerprint density at radius 1 is 1.22 bits per heavy atom. The molecule has 2 heterocycles. The van der Waals surface area contributed by atoms with E-state index in [1.165, 1.54) is 4.90 Å². The van der Waals surface area contributed by atoms with Gasteiger partial charge in [0.2, 0.25) is 5.88 Å². The van der Waals surface area contributed by atoms with Gasteiger partial charge in [0.25, 0.3) is 5.91 Å². The first-order valence-corrected chi connectivity index (χ1v) is 9.93. The summed E-state index contributed by atoms with van der Waals surface area (Å²) in [6, 6.07) is 0.602. The van der Waals surface area contributed by atoms with Crippen LogP contribution < -0.4 is 10.1 Å². The van der Waals surface area contributed by atoms with Gasteiger partial charge in [0, 0.05) is 24.8 Å². The van der Waals surface area contributed by atoms with Crippen molar-refractivity contribution in [3.05, 3.63) is 23.9 Å². The Balaban J connectivity index is 1.93. The summed E-state index contributed by atoms with van der Waals surface area (Å²) in [6.07, 6.45) is -4.00. The largest absolute Gasteiger partial charge is 0.470 e. The van der Waals surface area contributed by atoms with E-state index in [1.807, 2.05) is 0 Å². The molecular formula is C20H26F5N3O4. The Kier molecular flexibility index (Phi) is 7.56. The minimum absolute atomic E-state index is 0.186. The van der Waals surface area contributed by atoms with Crippen molar-refractivity contribution in [1.29, 1.82) is 0 Å². The number of amides is 2. The van der Waals surface area contributed by atoms with Crippen LogP contribution in [0.2, 0.25) is 0 Å². The van der Waals surface area contributed by atoms with Crippen LogP contribution in [0.4, 0.5) is 26.7 Å². The molecule has 1 fully saturated rings. The summed E-state index contributed by atoms with van der Waals surface area (Å²) in [4.78, 5) is 29.1. The molecule has 1 aliphatic rings. The van der Waals surface area contributed by atoms with E-state index in [2.05, 4.69) is 15.0 Å². The summed E-state index contributed by atoms with van der Waals surface area (Å²) in [5, 5.41) is 2.19. The van der Waals surface area contributed by atoms with E-state index < -0.39 is 53.8 Å². The number of hydrogen-bond acceptors (Lipinski definition) is 5. The Morgan fingerprint density at radius 2 is 1.88 bits per heavy atom. The fraction of sp³-hybridized carbons (Fsp3) is 0.650. The van der Waals surface area contributed by atoms with E-state index in [9.17, 15) is 31.5 Å². The smallest absolute Gasteiger partial charge is 0.421 e. The first-order valence-electron chi connectivity index (χ1n) is 9.93. The van der Waals surface area contributed by atoms with Crippen LogP contribution >= 0.6 is 0 Å². The van der Waals surface area contributed by atoms with Crippen molar-refractivity contribution in [1.82, 2.24) is 15.2 Å². The highest BCUT2D eigenvalue weighted by Crippen LogP contribution is 2.35. The minimum atomic E-state index is -4.85. The topological polar surface area (TPSA) is 80.8 Å². The van der Waals surface area contributed by atoms with Gasteiger partial charge in [-0.1, -0.05) is 0 Å². The highest BCUT2D eigenvalue weighted by atomic mass is 19.4. The molecule has 0 unspecified atom stereocenters. The zero-order chi connectivity index (χ0) is 24.3. The molecule has 0 spiro atoms. The van der Waals surface area contributed by atoms with Crippen molar-refractivity contribution >= 4 is 12.0 Å². The molecule has 2 amide bonds. The molecule has 0 saturated carbocycles. The zero-order valence-corrected chi connectivity index (χ0v) is 18.1. The van der Waals surface area contributed by atoms with Crippen molar-refractivity contribution in [3.8, 4) is 5.88 Å². The number of carbonyl (C=O) groups excluding carboxylic acids is 2. The third-order valence-electron chi connectivity index (χ3n) is 4.64. The number of nitrogens with one attached hydrogen (secondary N) is 1. The van der Waals surface area contributed by atoms with Gasteiger partial charge in [-0.25, -0.2) is 9.78 Å². The van der Waals surface area contributed by atoms with Crippen LogP contribution in [-0.2, 0) is 15.7 Å². The number of pyridine rings is 1. The number of halogens is 5. The normalized spacial score (nSPS) is 20.0. The number of rotatable bonds is 5. The van der Waals surface area contributed by atoms with Gasteiger partial charge < -0.3 is 19.7 Å². The Labute approximate surface area is 182 Å². The summed E-state index contributed by atoms with van der Waals surface area (Å²) in [5.41, 5.74) is -2.01. The minimum Gasteiger partial charge on any atom is -0.470 e. The first-order chi connectivity index (χ1) is 14.6. The average Bonchev–Trinajstić information content (AvgIpc) is 2.64. The summed E-state index contributed by atoms with van der Waals surface area (Å²) in [7, 11) is 0. The molecule has 1 N–H and O–H groups in total. The summed E-state index contributed by atoms with van der Waals surface area (Å²) >= 11 is 0. The maximum absolute atomic E-state index is 14.2. The second-order valence-electron chi connectivity index (χ2n) is 8.56. The van der Waals surface area contributed by atoms with Gasteiger partial charge in [-0.15, -0.1) is 0 Å². The maximum Gasteiger partial charge on any atom is 0.421 e. The van der Waals surface area contributed by atoms with Crippen LogP contribution in [0.1, 0.15) is 46.1 Å². The van der Waals surface area contributed by atoms with Gasteiger partial charge in [-0.3, -0.25) is 4.79 Å². The quantitative estimate of drug-likeness (QED) is 0.662. The molecule has 32 heavy (non-hydrogen) atoms. The first kappa shape index (κ1) is 25.6. The number of hydrogen-bond donors (Lipinski definition) is 1. The van der Waals surface area contributed by atoms with E-state index in [1.54, 1.807) is 27.7 Å². The number of nitrogens with zero attached hydrogens (tertiary/aromatic N) is 2. The number of piperidine rings is 1. The second-order valence-corrected chi connectivity index (χ2v) is 8.56. The van der Waals surface area contributed by atoms with E-state index >= 15 is 0 Å². The SMILES string of the molecule is C[C@@H]1C[C@H](NC(=O)C(F)(F)COc2ncccc2C(F)(F)F)CCN1C(=O)OC(C)(C)C. The molecular weight excluding hydrogens is 441 g/mol. The Hall–Kier alpha value is -2.66. The Morgan fingerprint density at radius 3 is 2.44 bits per heavy atom. The number of alkyl halides is 5. The summed E-state index contributed by atoms with van der Waals surface area (Å²) in [5.74, 6) is -6.80. The van der Waals surface area contributed by atoms with E-state index in [0.717, 1.165) is 12.3 Å². The number of likely N-dealkylation sites (tertiary alicyclic amines) is 1. The molecule has 0 aromatic carbocycles. The monoisotopic (exact) mass is 467 g/mol. The lowest BCUT2D eigenvalue weighted by Gasteiger charge is -2.38. The molecule has 12 heteroatoms. The van der Waals surface area contributed by atoms with Crippen molar-refractivity contribution in [2.75, 3.05) is 13.2 Å². The van der Waals surface area contributed by atoms with E-state index in [-0.39, 0.29) is 25.4 Å². The molecule has 0 bridgehead atoms. The van der Waals surface area contributed by atoms with Crippen LogP contribution in [0, 0.1) is 0 Å². The van der Waals surface area contributed by atoms with Crippen molar-refractivity contribution < 1.29 is 41.0 Å². The van der Waals surface area contributed by atoms with Gasteiger partial charge in [-0.05, 0) is 52.7 Å². The molecule has 1 aromatic rings. The van der Waals surface area contributed by atoms with Gasteiger partial charge in [-0.2, -0.15) is 22.0 Å². The predicted molar refractivity (Wildman–Crippen MR) is 103 cm³/mol.